The van der Waals surface area contributed by atoms with Crippen molar-refractivity contribution in [1.82, 2.24) is 9.97 Å². The highest BCUT2D eigenvalue weighted by Gasteiger charge is 2.09. The molecule has 0 aliphatic rings. The monoisotopic (exact) mass is 195 g/mol. The molecule has 14 heavy (non-hydrogen) atoms. The predicted octanol–water partition coefficient (Wildman–Crippen LogP) is 0.667. The van der Waals surface area contributed by atoms with Gasteiger partial charge in [-0.15, -0.1) is 0 Å². The van der Waals surface area contributed by atoms with Crippen molar-refractivity contribution in [3.8, 4) is 0 Å². The van der Waals surface area contributed by atoms with E-state index >= 15 is 0 Å². The van der Waals surface area contributed by atoms with Crippen molar-refractivity contribution in [1.29, 1.82) is 0 Å². The van der Waals surface area contributed by atoms with Crippen molar-refractivity contribution in [2.45, 2.75) is 19.4 Å². The molecule has 4 N–H and O–H groups in total. The summed E-state index contributed by atoms with van der Waals surface area (Å²) >= 11 is 0. The van der Waals surface area contributed by atoms with Crippen molar-refractivity contribution in [3.63, 3.8) is 0 Å². The van der Waals surface area contributed by atoms with Crippen molar-refractivity contribution in [2.24, 2.45) is 5.73 Å². The summed E-state index contributed by atoms with van der Waals surface area (Å²) in [6.45, 7) is 4.59. The van der Waals surface area contributed by atoms with E-state index in [2.05, 4.69) is 20.6 Å². The summed E-state index contributed by atoms with van der Waals surface area (Å²) in [6, 6.07) is 1.84. The fourth-order valence-electron chi connectivity index (χ4n) is 0.909. The van der Waals surface area contributed by atoms with E-state index in [1.807, 2.05) is 27.0 Å². The lowest BCUT2D eigenvalue weighted by Crippen LogP contribution is -2.39. The van der Waals surface area contributed by atoms with Gasteiger partial charge in [-0.25, -0.2) is 9.97 Å². The quantitative estimate of drug-likeness (QED) is 0.658. The summed E-state index contributed by atoms with van der Waals surface area (Å²) < 4.78 is 0. The van der Waals surface area contributed by atoms with Crippen LogP contribution in [-0.4, -0.2) is 29.1 Å². The number of rotatable bonds is 4. The van der Waals surface area contributed by atoms with E-state index in [-0.39, 0.29) is 5.54 Å². The van der Waals surface area contributed by atoms with E-state index in [1.54, 1.807) is 0 Å². The molecular weight excluding hydrogens is 178 g/mol. The Morgan fingerprint density at radius 1 is 1.36 bits per heavy atom. The Labute approximate surface area is 84.1 Å². The smallest absolute Gasteiger partial charge is 0.131 e. The van der Waals surface area contributed by atoms with Crippen LogP contribution < -0.4 is 16.4 Å². The molecule has 0 atom stereocenters. The molecule has 0 unspecified atom stereocenters. The minimum absolute atomic E-state index is 0.245. The highest BCUT2D eigenvalue weighted by molar-refractivity contribution is 5.46. The number of nitrogens with zero attached hydrogens (tertiary/aromatic N) is 2. The van der Waals surface area contributed by atoms with Crippen LogP contribution in [0.4, 0.5) is 11.6 Å². The van der Waals surface area contributed by atoms with Crippen LogP contribution in [0.5, 0.6) is 0 Å². The highest BCUT2D eigenvalue weighted by atomic mass is 15.1. The Bertz CT molecular complexity index is 291. The molecule has 0 aliphatic heterocycles. The molecule has 0 radical (unpaired) electrons. The van der Waals surface area contributed by atoms with Gasteiger partial charge in [0, 0.05) is 25.2 Å². The molecule has 1 aromatic heterocycles. The van der Waals surface area contributed by atoms with Gasteiger partial charge in [0.15, 0.2) is 0 Å². The van der Waals surface area contributed by atoms with E-state index in [9.17, 15) is 0 Å². The molecule has 1 rings (SSSR count). The third kappa shape index (κ3) is 3.57. The molecule has 78 valence electrons. The summed E-state index contributed by atoms with van der Waals surface area (Å²) in [5.41, 5.74) is 5.59. The second-order valence-corrected chi connectivity index (χ2v) is 3.88. The summed E-state index contributed by atoms with van der Waals surface area (Å²) in [5, 5.41) is 6.09. The van der Waals surface area contributed by atoms with E-state index in [0.717, 1.165) is 11.6 Å². The number of nitrogens with two attached hydrogens (primary N) is 1. The molecule has 0 spiro atoms. The normalized spacial score (nSPS) is 11.1. The molecule has 0 saturated heterocycles. The molecule has 1 aromatic rings. The number of hydrogen-bond donors (Lipinski definition) is 3. The second kappa shape index (κ2) is 4.23. The van der Waals surface area contributed by atoms with Crippen molar-refractivity contribution in [3.05, 3.63) is 12.4 Å². The molecule has 0 saturated carbocycles. The maximum absolute atomic E-state index is 5.83. The maximum Gasteiger partial charge on any atom is 0.131 e. The van der Waals surface area contributed by atoms with Crippen LogP contribution in [-0.2, 0) is 0 Å². The van der Waals surface area contributed by atoms with Gasteiger partial charge in [-0.3, -0.25) is 0 Å². The average Bonchev–Trinajstić information content (AvgIpc) is 2.14. The first-order valence-electron chi connectivity index (χ1n) is 4.54. The number of anilines is 2. The molecule has 0 amide bonds. The van der Waals surface area contributed by atoms with Crippen LogP contribution in [0, 0.1) is 0 Å². The van der Waals surface area contributed by atoms with Crippen LogP contribution >= 0.6 is 0 Å². The van der Waals surface area contributed by atoms with Crippen molar-refractivity contribution in [2.75, 3.05) is 24.2 Å². The van der Waals surface area contributed by atoms with Gasteiger partial charge in [0.1, 0.15) is 18.0 Å². The third-order valence-electron chi connectivity index (χ3n) is 1.65. The Morgan fingerprint density at radius 3 is 2.57 bits per heavy atom. The Morgan fingerprint density at radius 2 is 2.00 bits per heavy atom. The summed E-state index contributed by atoms with van der Waals surface area (Å²) in [5.74, 6) is 1.57. The fraction of sp³-hybridized carbons (Fsp3) is 0.556. The van der Waals surface area contributed by atoms with Gasteiger partial charge < -0.3 is 16.4 Å². The Kier molecular flexibility index (Phi) is 3.24. The molecule has 0 aliphatic carbocycles. The topological polar surface area (TPSA) is 75.9 Å². The molecule has 1 heterocycles. The van der Waals surface area contributed by atoms with Crippen molar-refractivity contribution >= 4 is 11.6 Å². The van der Waals surface area contributed by atoms with Gasteiger partial charge >= 0.3 is 0 Å². The van der Waals surface area contributed by atoms with Gasteiger partial charge in [0.25, 0.3) is 0 Å². The van der Waals surface area contributed by atoms with E-state index in [4.69, 9.17) is 5.73 Å². The summed E-state index contributed by atoms with van der Waals surface area (Å²) in [4.78, 5) is 8.08. The third-order valence-corrected chi connectivity index (χ3v) is 1.65. The molecule has 0 aromatic carbocycles. The van der Waals surface area contributed by atoms with Gasteiger partial charge in [0.2, 0.25) is 0 Å². The first kappa shape index (κ1) is 10.7. The molecule has 5 heteroatoms. The first-order valence-corrected chi connectivity index (χ1v) is 4.54. The SMILES string of the molecule is CNc1cc(NCC(C)(C)N)ncn1. The first-order chi connectivity index (χ1) is 6.51. The standard InChI is InChI=1S/C9H17N5/c1-9(2,10)5-12-8-4-7(11-3)13-6-14-8/h4,6H,5,10H2,1-3H3,(H2,11,12,13,14). The van der Waals surface area contributed by atoms with E-state index < -0.39 is 0 Å². The number of hydrogen-bond acceptors (Lipinski definition) is 5. The minimum atomic E-state index is -0.245. The predicted molar refractivity (Wildman–Crippen MR) is 58.3 cm³/mol. The van der Waals surface area contributed by atoms with Gasteiger partial charge in [-0.05, 0) is 13.8 Å². The van der Waals surface area contributed by atoms with Crippen LogP contribution in [0.3, 0.4) is 0 Å². The lowest BCUT2D eigenvalue weighted by molar-refractivity contribution is 0.548. The van der Waals surface area contributed by atoms with Gasteiger partial charge in [-0.1, -0.05) is 0 Å². The van der Waals surface area contributed by atoms with Crippen LogP contribution in [0.25, 0.3) is 0 Å². The lowest BCUT2D eigenvalue weighted by atomic mass is 10.1. The number of aromatic nitrogens is 2. The molecule has 0 fully saturated rings. The Hall–Kier alpha value is -1.36. The highest BCUT2D eigenvalue weighted by Crippen LogP contribution is 2.08. The maximum atomic E-state index is 5.83. The summed E-state index contributed by atoms with van der Waals surface area (Å²) in [6.07, 6.45) is 1.51. The zero-order valence-corrected chi connectivity index (χ0v) is 8.83. The van der Waals surface area contributed by atoms with E-state index in [0.29, 0.717) is 6.54 Å². The van der Waals surface area contributed by atoms with Crippen LogP contribution in [0.15, 0.2) is 12.4 Å². The summed E-state index contributed by atoms with van der Waals surface area (Å²) in [7, 11) is 1.82. The lowest BCUT2D eigenvalue weighted by Gasteiger charge is -2.19. The van der Waals surface area contributed by atoms with E-state index in [1.165, 1.54) is 6.33 Å². The largest absolute Gasteiger partial charge is 0.373 e. The van der Waals surface area contributed by atoms with Crippen LogP contribution in [0.2, 0.25) is 0 Å². The van der Waals surface area contributed by atoms with Crippen molar-refractivity contribution < 1.29 is 0 Å². The van der Waals surface area contributed by atoms with Gasteiger partial charge in [0.05, 0.1) is 0 Å². The van der Waals surface area contributed by atoms with Gasteiger partial charge in [-0.2, -0.15) is 0 Å². The Balaban J connectivity index is 2.59. The fourth-order valence-corrected chi connectivity index (χ4v) is 0.909. The zero-order valence-electron chi connectivity index (χ0n) is 8.83. The molecular formula is C9H17N5. The zero-order chi connectivity index (χ0) is 10.6. The van der Waals surface area contributed by atoms with Crippen LogP contribution in [0.1, 0.15) is 13.8 Å². The minimum Gasteiger partial charge on any atom is -0.373 e. The average molecular weight is 195 g/mol. The molecule has 0 bridgehead atoms. The molecule has 5 nitrogen and oxygen atoms in total. The number of nitrogens with one attached hydrogen (secondary N) is 2. The second-order valence-electron chi connectivity index (χ2n) is 3.88.